The molecule has 168 valence electrons. The van der Waals surface area contributed by atoms with Gasteiger partial charge in [-0.25, -0.2) is 4.79 Å². The van der Waals surface area contributed by atoms with Crippen LogP contribution in [0.2, 0.25) is 0 Å². The second-order valence-corrected chi connectivity index (χ2v) is 9.00. The molecular weight excluding hydrogens is 394 g/mol. The Hall–Kier alpha value is -2.76. The molecule has 1 atom stereocenters. The predicted octanol–water partition coefficient (Wildman–Crippen LogP) is 4.65. The fourth-order valence-electron chi connectivity index (χ4n) is 4.54. The maximum Gasteiger partial charge on any atom is 0.336 e. The highest BCUT2D eigenvalue weighted by Gasteiger charge is 2.44. The van der Waals surface area contributed by atoms with Crippen molar-refractivity contribution >= 4 is 11.8 Å². The standard InChI is InChI=1S/C25H33NO5/c1-7-8-12-31-24(28)20-15(2)26-17-13-25(3,4)14-18(27)22(17)21(20)16-10-9-11-19(29-5)23(16)30-6/h9-11,21,26H,7-8,12-14H2,1-6H3. The summed E-state index contributed by atoms with van der Waals surface area (Å²) in [4.78, 5) is 26.6. The molecule has 1 aromatic rings. The Morgan fingerprint density at radius 2 is 1.94 bits per heavy atom. The third-order valence-electron chi connectivity index (χ3n) is 5.94. The van der Waals surface area contributed by atoms with Crippen molar-refractivity contribution in [1.29, 1.82) is 0 Å². The molecule has 0 spiro atoms. The van der Waals surface area contributed by atoms with E-state index in [-0.39, 0.29) is 11.2 Å². The van der Waals surface area contributed by atoms with Gasteiger partial charge in [-0.2, -0.15) is 0 Å². The van der Waals surface area contributed by atoms with Crippen molar-refractivity contribution in [3.63, 3.8) is 0 Å². The minimum absolute atomic E-state index is 0.0416. The molecule has 0 aromatic heterocycles. The van der Waals surface area contributed by atoms with E-state index in [1.165, 1.54) is 0 Å². The van der Waals surface area contributed by atoms with Gasteiger partial charge in [0.1, 0.15) is 0 Å². The third kappa shape index (κ3) is 4.48. The Morgan fingerprint density at radius 3 is 2.58 bits per heavy atom. The summed E-state index contributed by atoms with van der Waals surface area (Å²) in [5, 5.41) is 3.36. The average Bonchev–Trinajstić information content (AvgIpc) is 2.71. The van der Waals surface area contributed by atoms with Crippen LogP contribution >= 0.6 is 0 Å². The molecular formula is C25H33NO5. The van der Waals surface area contributed by atoms with E-state index in [0.29, 0.717) is 41.4 Å². The number of dihydropyridines is 1. The maximum atomic E-state index is 13.4. The number of carbonyl (C=O) groups is 2. The zero-order chi connectivity index (χ0) is 22.8. The van der Waals surface area contributed by atoms with Crippen LogP contribution in [-0.2, 0) is 14.3 Å². The molecule has 0 saturated carbocycles. The van der Waals surface area contributed by atoms with Crippen molar-refractivity contribution in [2.24, 2.45) is 5.41 Å². The van der Waals surface area contributed by atoms with Gasteiger partial charge in [-0.3, -0.25) is 4.79 Å². The number of allylic oxidation sites excluding steroid dienone is 3. The summed E-state index contributed by atoms with van der Waals surface area (Å²) in [6, 6.07) is 5.55. The molecule has 6 nitrogen and oxygen atoms in total. The number of esters is 1. The number of carbonyl (C=O) groups excluding carboxylic acids is 2. The van der Waals surface area contributed by atoms with Gasteiger partial charge < -0.3 is 19.5 Å². The largest absolute Gasteiger partial charge is 0.493 e. The number of ether oxygens (including phenoxy) is 3. The number of Topliss-reactive ketones (excluding diaryl/α,β-unsaturated/α-hetero) is 1. The van der Waals surface area contributed by atoms with Crippen molar-refractivity contribution in [3.05, 3.63) is 46.3 Å². The van der Waals surface area contributed by atoms with Gasteiger partial charge in [0.25, 0.3) is 0 Å². The molecule has 1 aromatic carbocycles. The van der Waals surface area contributed by atoms with Crippen LogP contribution in [0.3, 0.4) is 0 Å². The van der Waals surface area contributed by atoms with Crippen LogP contribution in [0, 0.1) is 5.41 Å². The zero-order valence-electron chi connectivity index (χ0n) is 19.4. The minimum Gasteiger partial charge on any atom is -0.493 e. The number of para-hydroxylation sites is 1. The lowest BCUT2D eigenvalue weighted by atomic mass is 9.68. The first-order valence-corrected chi connectivity index (χ1v) is 10.9. The van der Waals surface area contributed by atoms with Crippen molar-refractivity contribution in [2.45, 2.75) is 59.3 Å². The first-order chi connectivity index (χ1) is 14.7. The van der Waals surface area contributed by atoms with Crippen LogP contribution < -0.4 is 14.8 Å². The van der Waals surface area contributed by atoms with E-state index in [1.54, 1.807) is 20.3 Å². The number of hydrogen-bond donors (Lipinski definition) is 1. The first-order valence-electron chi connectivity index (χ1n) is 10.9. The first kappa shape index (κ1) is 22.9. The highest BCUT2D eigenvalue weighted by molar-refractivity contribution is 6.04. The van der Waals surface area contributed by atoms with Gasteiger partial charge in [0.2, 0.25) is 0 Å². The van der Waals surface area contributed by atoms with E-state index < -0.39 is 11.9 Å². The molecule has 0 amide bonds. The average molecular weight is 428 g/mol. The maximum absolute atomic E-state index is 13.4. The number of unbranched alkanes of at least 4 members (excludes halogenated alkanes) is 1. The summed E-state index contributed by atoms with van der Waals surface area (Å²) in [6.45, 7) is 8.44. The monoisotopic (exact) mass is 427 g/mol. The lowest BCUT2D eigenvalue weighted by Gasteiger charge is -2.39. The Morgan fingerprint density at radius 1 is 1.19 bits per heavy atom. The van der Waals surface area contributed by atoms with Gasteiger partial charge in [-0.05, 0) is 31.2 Å². The van der Waals surface area contributed by atoms with Crippen molar-refractivity contribution < 1.29 is 23.8 Å². The Bertz CT molecular complexity index is 941. The van der Waals surface area contributed by atoms with E-state index in [4.69, 9.17) is 14.2 Å². The van der Waals surface area contributed by atoms with Gasteiger partial charge in [0, 0.05) is 29.0 Å². The predicted molar refractivity (Wildman–Crippen MR) is 119 cm³/mol. The number of rotatable bonds is 7. The minimum atomic E-state index is -0.570. The van der Waals surface area contributed by atoms with Crippen LogP contribution in [0.1, 0.15) is 64.9 Å². The Kier molecular flexibility index (Phi) is 6.77. The number of nitrogens with one attached hydrogen (secondary N) is 1. The van der Waals surface area contributed by atoms with E-state index in [2.05, 4.69) is 19.2 Å². The SMILES string of the molecule is CCCCOC(=O)C1=C(C)NC2=C(C(=O)CC(C)(C)C2)C1c1cccc(OC)c1OC. The van der Waals surface area contributed by atoms with E-state index in [9.17, 15) is 9.59 Å². The van der Waals surface area contributed by atoms with E-state index in [1.807, 2.05) is 26.0 Å². The second-order valence-electron chi connectivity index (χ2n) is 9.00. The molecule has 1 aliphatic heterocycles. The Balaban J connectivity index is 2.19. The molecule has 1 unspecified atom stereocenters. The highest BCUT2D eigenvalue weighted by Crippen LogP contribution is 2.50. The van der Waals surface area contributed by atoms with Crippen LogP contribution in [0.4, 0.5) is 0 Å². The summed E-state index contributed by atoms with van der Waals surface area (Å²) in [6.07, 6.45) is 2.87. The van der Waals surface area contributed by atoms with Gasteiger partial charge in [-0.15, -0.1) is 0 Å². The van der Waals surface area contributed by atoms with Crippen molar-refractivity contribution in [1.82, 2.24) is 5.32 Å². The topological polar surface area (TPSA) is 73.9 Å². The molecule has 0 fully saturated rings. The summed E-state index contributed by atoms with van der Waals surface area (Å²) < 4.78 is 16.8. The van der Waals surface area contributed by atoms with Gasteiger partial charge in [0.15, 0.2) is 17.3 Å². The van der Waals surface area contributed by atoms with Crippen LogP contribution in [0.5, 0.6) is 11.5 Å². The number of ketones is 1. The summed E-state index contributed by atoms with van der Waals surface area (Å²) >= 11 is 0. The molecule has 3 rings (SSSR count). The molecule has 1 heterocycles. The molecule has 0 radical (unpaired) electrons. The normalized spacial score (nSPS) is 20.2. The molecule has 0 saturated heterocycles. The fourth-order valence-corrected chi connectivity index (χ4v) is 4.54. The quantitative estimate of drug-likeness (QED) is 0.504. The molecule has 6 heteroatoms. The molecule has 31 heavy (non-hydrogen) atoms. The zero-order valence-corrected chi connectivity index (χ0v) is 19.4. The van der Waals surface area contributed by atoms with E-state index in [0.717, 1.165) is 30.5 Å². The number of benzene rings is 1. The molecule has 0 bridgehead atoms. The molecule has 2 aliphatic rings. The molecule has 1 aliphatic carbocycles. The van der Waals surface area contributed by atoms with E-state index >= 15 is 0 Å². The fraction of sp³-hybridized carbons (Fsp3) is 0.520. The summed E-state index contributed by atoms with van der Waals surface area (Å²) in [5.74, 6) is 0.144. The molecule has 1 N–H and O–H groups in total. The summed E-state index contributed by atoms with van der Waals surface area (Å²) in [5.41, 5.74) is 3.24. The van der Waals surface area contributed by atoms with Crippen molar-refractivity contribution in [3.8, 4) is 11.5 Å². The Labute approximate surface area is 184 Å². The van der Waals surface area contributed by atoms with Crippen LogP contribution in [0.15, 0.2) is 40.7 Å². The smallest absolute Gasteiger partial charge is 0.336 e. The lowest BCUT2D eigenvalue weighted by Crippen LogP contribution is -2.38. The van der Waals surface area contributed by atoms with Gasteiger partial charge in [0.05, 0.1) is 32.3 Å². The van der Waals surface area contributed by atoms with Gasteiger partial charge >= 0.3 is 5.97 Å². The number of methoxy groups -OCH3 is 2. The summed E-state index contributed by atoms with van der Waals surface area (Å²) in [7, 11) is 3.14. The lowest BCUT2D eigenvalue weighted by molar-refractivity contribution is -0.139. The van der Waals surface area contributed by atoms with Crippen molar-refractivity contribution in [2.75, 3.05) is 20.8 Å². The second kappa shape index (κ2) is 9.16. The van der Waals surface area contributed by atoms with Gasteiger partial charge in [-0.1, -0.05) is 39.3 Å². The van der Waals surface area contributed by atoms with Crippen LogP contribution in [-0.4, -0.2) is 32.6 Å². The number of hydrogen-bond acceptors (Lipinski definition) is 6. The highest BCUT2D eigenvalue weighted by atomic mass is 16.5. The van der Waals surface area contributed by atoms with Crippen LogP contribution in [0.25, 0.3) is 0 Å². The third-order valence-corrected chi connectivity index (χ3v) is 5.94.